The van der Waals surface area contributed by atoms with E-state index in [2.05, 4.69) is 50.1 Å². The molecule has 0 saturated carbocycles. The van der Waals surface area contributed by atoms with Gasteiger partial charge < -0.3 is 9.84 Å². The van der Waals surface area contributed by atoms with Gasteiger partial charge in [-0.05, 0) is 47.2 Å². The number of carbonyl (C=O) groups excluding carboxylic acids is 1. The van der Waals surface area contributed by atoms with E-state index >= 15 is 0 Å². The fourth-order valence-corrected chi connectivity index (χ4v) is 2.83. The molecule has 0 spiro atoms. The van der Waals surface area contributed by atoms with Gasteiger partial charge in [0.1, 0.15) is 5.76 Å². The Kier molecular flexibility index (Phi) is 6.60. The molecule has 1 amide bonds. The molecule has 1 aromatic heterocycles. The summed E-state index contributed by atoms with van der Waals surface area (Å²) < 4.78 is 5.22. The number of likely N-dealkylation sites (N-methyl/N-ethyl adjacent to an activating group) is 1. The van der Waals surface area contributed by atoms with Crippen molar-refractivity contribution in [1.29, 1.82) is 0 Å². The summed E-state index contributed by atoms with van der Waals surface area (Å²) in [4.78, 5) is 14.8. The first-order chi connectivity index (χ1) is 10.3. The van der Waals surface area contributed by atoms with Crippen LogP contribution in [-0.2, 0) is 6.42 Å². The molecule has 0 aliphatic carbocycles. The maximum Gasteiger partial charge on any atom is 0.274 e. The van der Waals surface area contributed by atoms with Crippen molar-refractivity contribution >= 4 is 5.91 Å². The first kappa shape index (κ1) is 18.7. The van der Waals surface area contributed by atoms with Gasteiger partial charge in [0.25, 0.3) is 5.91 Å². The summed E-state index contributed by atoms with van der Waals surface area (Å²) in [7, 11) is 2.12. The SMILES string of the molecule is CCCN(C)C(C)(CC)C(C)NC(=O)c1noc(CC)c1C. The summed E-state index contributed by atoms with van der Waals surface area (Å²) in [5.41, 5.74) is 1.16. The second-order valence-electron chi connectivity index (χ2n) is 6.26. The van der Waals surface area contributed by atoms with Crippen LogP contribution < -0.4 is 5.32 Å². The topological polar surface area (TPSA) is 58.4 Å². The minimum absolute atomic E-state index is 0.0164. The summed E-state index contributed by atoms with van der Waals surface area (Å²) in [5.74, 6) is 0.622. The lowest BCUT2D eigenvalue weighted by Gasteiger charge is -2.43. The van der Waals surface area contributed by atoms with Crippen molar-refractivity contribution < 1.29 is 9.32 Å². The highest BCUT2D eigenvalue weighted by Crippen LogP contribution is 2.23. The summed E-state index contributed by atoms with van der Waals surface area (Å²) >= 11 is 0. The van der Waals surface area contributed by atoms with E-state index in [-0.39, 0.29) is 17.5 Å². The summed E-state index contributed by atoms with van der Waals surface area (Å²) in [6.45, 7) is 13.5. The molecule has 22 heavy (non-hydrogen) atoms. The lowest BCUT2D eigenvalue weighted by Crippen LogP contribution is -2.58. The van der Waals surface area contributed by atoms with Gasteiger partial charge in [0.15, 0.2) is 5.69 Å². The van der Waals surface area contributed by atoms with Gasteiger partial charge in [0.2, 0.25) is 0 Å². The number of carbonyl (C=O) groups is 1. The fraction of sp³-hybridized carbons (Fsp3) is 0.765. The molecule has 0 aliphatic rings. The second-order valence-corrected chi connectivity index (χ2v) is 6.26. The van der Waals surface area contributed by atoms with E-state index in [1.165, 1.54) is 0 Å². The Morgan fingerprint density at radius 1 is 1.41 bits per heavy atom. The van der Waals surface area contributed by atoms with E-state index in [9.17, 15) is 4.79 Å². The lowest BCUT2D eigenvalue weighted by atomic mass is 9.88. The number of aromatic nitrogens is 1. The van der Waals surface area contributed by atoms with Gasteiger partial charge in [0.05, 0.1) is 0 Å². The Labute approximate surface area is 134 Å². The monoisotopic (exact) mass is 309 g/mol. The highest BCUT2D eigenvalue weighted by molar-refractivity contribution is 5.93. The van der Waals surface area contributed by atoms with Crippen LogP contribution in [0.25, 0.3) is 0 Å². The standard InChI is InChI=1S/C17H31N3O2/c1-8-11-20(7)17(6,10-3)13(5)18-16(21)15-12(4)14(9-2)22-19-15/h13H,8-11H2,1-7H3,(H,18,21). The third-order valence-electron chi connectivity index (χ3n) is 4.98. The Bertz CT molecular complexity index is 498. The second kappa shape index (κ2) is 7.77. The molecule has 0 bridgehead atoms. The van der Waals surface area contributed by atoms with Gasteiger partial charge in [-0.25, -0.2) is 0 Å². The van der Waals surface area contributed by atoms with Gasteiger partial charge in [-0.2, -0.15) is 0 Å². The first-order valence-electron chi connectivity index (χ1n) is 8.28. The van der Waals surface area contributed by atoms with E-state index in [1.807, 2.05) is 13.8 Å². The van der Waals surface area contributed by atoms with Crippen LogP contribution in [0, 0.1) is 6.92 Å². The van der Waals surface area contributed by atoms with Crippen LogP contribution in [-0.4, -0.2) is 41.1 Å². The number of amides is 1. The molecular weight excluding hydrogens is 278 g/mol. The number of hydrogen-bond acceptors (Lipinski definition) is 4. The van der Waals surface area contributed by atoms with Crippen molar-refractivity contribution in [2.45, 2.75) is 72.4 Å². The smallest absolute Gasteiger partial charge is 0.274 e. The van der Waals surface area contributed by atoms with E-state index in [1.54, 1.807) is 0 Å². The molecule has 126 valence electrons. The van der Waals surface area contributed by atoms with Crippen LogP contribution in [0.1, 0.15) is 69.3 Å². The normalized spacial score (nSPS) is 15.6. The van der Waals surface area contributed by atoms with Crippen molar-refractivity contribution in [2.75, 3.05) is 13.6 Å². The van der Waals surface area contributed by atoms with Crippen LogP contribution in [0.2, 0.25) is 0 Å². The molecule has 0 radical (unpaired) electrons. The number of aryl methyl sites for hydroxylation is 1. The number of nitrogens with zero attached hydrogens (tertiary/aromatic N) is 2. The van der Waals surface area contributed by atoms with Gasteiger partial charge in [-0.1, -0.05) is 25.9 Å². The van der Waals surface area contributed by atoms with Crippen molar-refractivity contribution in [3.63, 3.8) is 0 Å². The van der Waals surface area contributed by atoms with Crippen molar-refractivity contribution in [1.82, 2.24) is 15.4 Å². The van der Waals surface area contributed by atoms with Gasteiger partial charge in [-0.3, -0.25) is 9.69 Å². The minimum Gasteiger partial charge on any atom is -0.360 e. The van der Waals surface area contributed by atoms with Crippen LogP contribution >= 0.6 is 0 Å². The van der Waals surface area contributed by atoms with Crippen LogP contribution in [0.15, 0.2) is 4.52 Å². The molecule has 1 aromatic rings. The van der Waals surface area contributed by atoms with Crippen LogP contribution in [0.4, 0.5) is 0 Å². The zero-order chi connectivity index (χ0) is 16.9. The van der Waals surface area contributed by atoms with Crippen LogP contribution in [0.3, 0.4) is 0 Å². The van der Waals surface area contributed by atoms with E-state index in [0.717, 1.165) is 37.1 Å². The minimum atomic E-state index is -0.155. The zero-order valence-electron chi connectivity index (χ0n) is 15.1. The largest absolute Gasteiger partial charge is 0.360 e. The lowest BCUT2D eigenvalue weighted by molar-refractivity contribution is 0.0733. The van der Waals surface area contributed by atoms with Crippen molar-refractivity contribution in [2.24, 2.45) is 0 Å². The number of rotatable bonds is 8. The highest BCUT2D eigenvalue weighted by Gasteiger charge is 2.35. The average Bonchev–Trinajstić information content (AvgIpc) is 2.87. The fourth-order valence-electron chi connectivity index (χ4n) is 2.83. The molecule has 5 nitrogen and oxygen atoms in total. The maximum atomic E-state index is 12.5. The van der Waals surface area contributed by atoms with E-state index < -0.39 is 0 Å². The molecule has 2 unspecified atom stereocenters. The highest BCUT2D eigenvalue weighted by atomic mass is 16.5. The summed E-state index contributed by atoms with van der Waals surface area (Å²) in [6, 6.07) is 0.0164. The molecular formula is C17H31N3O2. The van der Waals surface area contributed by atoms with Gasteiger partial charge >= 0.3 is 0 Å². The summed E-state index contributed by atoms with van der Waals surface area (Å²) in [6.07, 6.45) is 2.80. The summed E-state index contributed by atoms with van der Waals surface area (Å²) in [5, 5.41) is 7.03. The van der Waals surface area contributed by atoms with E-state index in [0.29, 0.717) is 5.69 Å². The molecule has 1 rings (SSSR count). The molecule has 1 heterocycles. The molecule has 2 atom stereocenters. The molecule has 0 aliphatic heterocycles. The van der Waals surface area contributed by atoms with Gasteiger partial charge in [-0.15, -0.1) is 0 Å². The Morgan fingerprint density at radius 3 is 2.50 bits per heavy atom. The quantitative estimate of drug-likeness (QED) is 0.801. The predicted molar refractivity (Wildman–Crippen MR) is 89.2 cm³/mol. The van der Waals surface area contributed by atoms with Crippen molar-refractivity contribution in [3.05, 3.63) is 17.0 Å². The third kappa shape index (κ3) is 3.69. The molecule has 1 N–H and O–H groups in total. The Balaban J connectivity index is 2.87. The molecule has 0 fully saturated rings. The average molecular weight is 309 g/mol. The Morgan fingerprint density at radius 2 is 2.05 bits per heavy atom. The predicted octanol–water partition coefficient (Wildman–Crippen LogP) is 3.17. The third-order valence-corrected chi connectivity index (χ3v) is 4.98. The maximum absolute atomic E-state index is 12.5. The van der Waals surface area contributed by atoms with E-state index in [4.69, 9.17) is 4.52 Å². The molecule has 0 aromatic carbocycles. The first-order valence-corrected chi connectivity index (χ1v) is 8.28. The van der Waals surface area contributed by atoms with Crippen molar-refractivity contribution in [3.8, 4) is 0 Å². The Hall–Kier alpha value is -1.36. The molecule has 5 heteroatoms. The zero-order valence-corrected chi connectivity index (χ0v) is 15.1. The van der Waals surface area contributed by atoms with Crippen LogP contribution in [0.5, 0.6) is 0 Å². The molecule has 0 saturated heterocycles. The number of hydrogen-bond donors (Lipinski definition) is 1. The van der Waals surface area contributed by atoms with Gasteiger partial charge in [0, 0.05) is 23.6 Å². The number of nitrogens with one attached hydrogen (secondary N) is 1.